The summed E-state index contributed by atoms with van der Waals surface area (Å²) in [5.74, 6) is -3.11. The van der Waals surface area contributed by atoms with Gasteiger partial charge in [0.25, 0.3) is 0 Å². The Morgan fingerprint density at radius 1 is 1.36 bits per heavy atom. The predicted octanol–water partition coefficient (Wildman–Crippen LogP) is 0.977. The Morgan fingerprint density at radius 3 is 2.14 bits per heavy atom. The van der Waals surface area contributed by atoms with E-state index in [0.29, 0.717) is 0 Å². The lowest BCUT2D eigenvalue weighted by Gasteiger charge is -2.25. The second-order valence-electron chi connectivity index (χ2n) is 3.80. The molecule has 0 fully saturated rings. The molecule has 0 amide bonds. The van der Waals surface area contributed by atoms with Crippen LogP contribution in [0.5, 0.6) is 0 Å². The third-order valence-electron chi connectivity index (χ3n) is 2.06. The normalized spacial score (nSPS) is 13.6. The van der Waals surface area contributed by atoms with Crippen LogP contribution in [-0.2, 0) is 14.3 Å². The Bertz CT molecular complexity index is 221. The molecule has 0 spiro atoms. The molecule has 0 aliphatic carbocycles. The zero-order valence-corrected chi connectivity index (χ0v) is 8.61. The minimum Gasteiger partial charge on any atom is -0.481 e. The topological polar surface area (TPSA) is 83.8 Å². The van der Waals surface area contributed by atoms with Gasteiger partial charge in [-0.05, 0) is 20.3 Å². The summed E-state index contributed by atoms with van der Waals surface area (Å²) in [5, 5.41) is 17.3. The van der Waals surface area contributed by atoms with Crippen molar-refractivity contribution in [2.75, 3.05) is 7.11 Å². The summed E-state index contributed by atoms with van der Waals surface area (Å²) in [7, 11) is 1.47. The van der Waals surface area contributed by atoms with Crippen molar-refractivity contribution in [2.24, 2.45) is 5.92 Å². The first kappa shape index (κ1) is 12.9. The van der Waals surface area contributed by atoms with Crippen LogP contribution in [0, 0.1) is 5.92 Å². The van der Waals surface area contributed by atoms with Crippen molar-refractivity contribution in [1.29, 1.82) is 0 Å². The van der Waals surface area contributed by atoms with Crippen molar-refractivity contribution in [1.82, 2.24) is 0 Å². The number of rotatable bonds is 6. The van der Waals surface area contributed by atoms with Crippen LogP contribution in [0.4, 0.5) is 0 Å². The summed E-state index contributed by atoms with van der Waals surface area (Å²) >= 11 is 0. The Labute approximate surface area is 82.7 Å². The van der Waals surface area contributed by atoms with Gasteiger partial charge in [-0.25, -0.2) is 0 Å². The van der Waals surface area contributed by atoms with E-state index < -0.39 is 23.5 Å². The van der Waals surface area contributed by atoms with Gasteiger partial charge in [-0.2, -0.15) is 0 Å². The van der Waals surface area contributed by atoms with E-state index >= 15 is 0 Å². The van der Waals surface area contributed by atoms with Gasteiger partial charge in [-0.1, -0.05) is 0 Å². The highest BCUT2D eigenvalue weighted by molar-refractivity contribution is 5.77. The van der Waals surface area contributed by atoms with Gasteiger partial charge < -0.3 is 14.9 Å². The Kier molecular flexibility index (Phi) is 4.56. The maximum atomic E-state index is 10.7. The molecule has 0 aromatic heterocycles. The number of hydrogen-bond donors (Lipinski definition) is 2. The van der Waals surface area contributed by atoms with Gasteiger partial charge in [-0.15, -0.1) is 0 Å². The highest BCUT2D eigenvalue weighted by atomic mass is 16.5. The summed E-state index contributed by atoms with van der Waals surface area (Å²) in [5.41, 5.74) is -0.613. The highest BCUT2D eigenvalue weighted by Gasteiger charge is 2.29. The number of hydrogen-bond acceptors (Lipinski definition) is 3. The minimum absolute atomic E-state index is 0.186. The van der Waals surface area contributed by atoms with Gasteiger partial charge in [0.15, 0.2) is 0 Å². The molecule has 0 aliphatic rings. The van der Waals surface area contributed by atoms with Gasteiger partial charge in [0.2, 0.25) is 0 Å². The number of methoxy groups -OCH3 is 1. The Balaban J connectivity index is 4.38. The Morgan fingerprint density at radius 2 is 1.86 bits per heavy atom. The second kappa shape index (κ2) is 4.95. The Hall–Kier alpha value is -1.10. The fourth-order valence-electron chi connectivity index (χ4n) is 1.13. The van der Waals surface area contributed by atoms with Crippen LogP contribution < -0.4 is 0 Å². The van der Waals surface area contributed by atoms with Gasteiger partial charge >= 0.3 is 11.9 Å². The fourth-order valence-corrected chi connectivity index (χ4v) is 1.13. The van der Waals surface area contributed by atoms with E-state index in [9.17, 15) is 9.59 Å². The average molecular weight is 204 g/mol. The molecular formula is C9H16O5. The summed E-state index contributed by atoms with van der Waals surface area (Å²) in [6.45, 7) is 3.45. The van der Waals surface area contributed by atoms with Crippen LogP contribution in [0.25, 0.3) is 0 Å². The van der Waals surface area contributed by atoms with Crippen molar-refractivity contribution >= 4 is 11.9 Å². The quantitative estimate of drug-likeness (QED) is 0.673. The smallest absolute Gasteiger partial charge is 0.307 e. The first-order valence-electron chi connectivity index (χ1n) is 4.28. The lowest BCUT2D eigenvalue weighted by molar-refractivity contribution is -0.150. The third kappa shape index (κ3) is 4.81. The molecule has 0 rings (SSSR count). The molecule has 1 atom stereocenters. The van der Waals surface area contributed by atoms with E-state index in [-0.39, 0.29) is 12.8 Å². The number of carboxylic acids is 2. The van der Waals surface area contributed by atoms with E-state index in [2.05, 4.69) is 0 Å². The molecule has 0 bridgehead atoms. The molecule has 14 heavy (non-hydrogen) atoms. The summed E-state index contributed by atoms with van der Waals surface area (Å²) < 4.78 is 5.04. The first-order chi connectivity index (χ1) is 6.28. The van der Waals surface area contributed by atoms with Crippen molar-refractivity contribution in [3.8, 4) is 0 Å². The molecule has 2 N–H and O–H groups in total. The van der Waals surface area contributed by atoms with Crippen molar-refractivity contribution in [3.05, 3.63) is 0 Å². The zero-order valence-electron chi connectivity index (χ0n) is 8.61. The summed E-state index contributed by atoms with van der Waals surface area (Å²) in [6.07, 6.45) is -0.187. The standard InChI is InChI=1S/C9H16O5/c1-9(2,14-3)5-6(8(12)13)4-7(10)11/h6H,4-5H2,1-3H3,(H,10,11)(H,12,13). The third-order valence-corrected chi connectivity index (χ3v) is 2.06. The average Bonchev–Trinajstić information content (AvgIpc) is 2.02. The molecule has 0 radical (unpaired) electrons. The van der Waals surface area contributed by atoms with Gasteiger partial charge in [0.05, 0.1) is 17.9 Å². The molecule has 82 valence electrons. The predicted molar refractivity (Wildman–Crippen MR) is 49.1 cm³/mol. The molecule has 1 unspecified atom stereocenters. The largest absolute Gasteiger partial charge is 0.481 e. The number of ether oxygens (including phenoxy) is 1. The lowest BCUT2D eigenvalue weighted by atomic mass is 9.91. The SMILES string of the molecule is COC(C)(C)CC(CC(=O)O)C(=O)O. The van der Waals surface area contributed by atoms with Crippen molar-refractivity contribution in [2.45, 2.75) is 32.3 Å². The first-order valence-corrected chi connectivity index (χ1v) is 4.28. The molecular weight excluding hydrogens is 188 g/mol. The number of aliphatic carboxylic acids is 2. The van der Waals surface area contributed by atoms with Crippen LogP contribution in [0.1, 0.15) is 26.7 Å². The molecule has 0 aliphatic heterocycles. The van der Waals surface area contributed by atoms with Crippen LogP contribution in [0.2, 0.25) is 0 Å². The van der Waals surface area contributed by atoms with E-state index in [1.54, 1.807) is 13.8 Å². The van der Waals surface area contributed by atoms with Crippen molar-refractivity contribution in [3.63, 3.8) is 0 Å². The maximum Gasteiger partial charge on any atom is 0.307 e. The molecule has 5 nitrogen and oxygen atoms in total. The molecule has 0 saturated heterocycles. The van der Waals surface area contributed by atoms with Crippen molar-refractivity contribution < 1.29 is 24.5 Å². The molecule has 0 aromatic carbocycles. The van der Waals surface area contributed by atoms with Crippen LogP contribution in [0.15, 0.2) is 0 Å². The lowest BCUT2D eigenvalue weighted by Crippen LogP contribution is -2.31. The van der Waals surface area contributed by atoms with E-state index in [4.69, 9.17) is 14.9 Å². The fraction of sp³-hybridized carbons (Fsp3) is 0.778. The van der Waals surface area contributed by atoms with Gasteiger partial charge in [0.1, 0.15) is 0 Å². The second-order valence-corrected chi connectivity index (χ2v) is 3.80. The monoisotopic (exact) mass is 204 g/mol. The maximum absolute atomic E-state index is 10.7. The highest BCUT2D eigenvalue weighted by Crippen LogP contribution is 2.22. The molecule has 0 heterocycles. The zero-order chi connectivity index (χ0) is 11.4. The number of carbonyl (C=O) groups is 2. The van der Waals surface area contributed by atoms with Gasteiger partial charge in [-0.3, -0.25) is 9.59 Å². The molecule has 5 heteroatoms. The van der Waals surface area contributed by atoms with Crippen LogP contribution >= 0.6 is 0 Å². The van der Waals surface area contributed by atoms with Gasteiger partial charge in [0, 0.05) is 7.11 Å². The van der Waals surface area contributed by atoms with E-state index in [1.807, 2.05) is 0 Å². The number of carboxylic acid groups (broad SMARTS) is 2. The van der Waals surface area contributed by atoms with E-state index in [0.717, 1.165) is 0 Å². The molecule has 0 aromatic rings. The summed E-state index contributed by atoms with van der Waals surface area (Å²) in [4.78, 5) is 21.1. The van der Waals surface area contributed by atoms with Crippen LogP contribution in [0.3, 0.4) is 0 Å². The van der Waals surface area contributed by atoms with E-state index in [1.165, 1.54) is 7.11 Å². The van der Waals surface area contributed by atoms with Crippen LogP contribution in [-0.4, -0.2) is 34.9 Å². The summed E-state index contributed by atoms with van der Waals surface area (Å²) in [6, 6.07) is 0. The molecule has 0 saturated carbocycles. The minimum atomic E-state index is -1.11.